The van der Waals surface area contributed by atoms with E-state index in [4.69, 9.17) is 24.1 Å². The summed E-state index contributed by atoms with van der Waals surface area (Å²) in [5.74, 6) is -8.18. The smallest absolute Gasteiger partial charge is 0.409 e. The van der Waals surface area contributed by atoms with Crippen LogP contribution in [-0.4, -0.2) is 175 Å². The molecule has 1 aliphatic heterocycles. The standard InChI is InChI=1S/C63H83N11O14/c1-36(2)23-49-59(79)85-41(10)56(76)70(12)52(26-39(7)8)62(82)88-54(28-43-17-21-45(22-18-43)34-74-48(31-65)29-46(30-64)68-74)58(78)72(14)50(24-37(3)4)60(80)86-40(9)55(75)69(11)51(25-38(5)6)61(81)87-53(57(77)71(49)13)27-42-15-19-44(20-16-42)33-73-35-47(32-66-73)67-63(83)84/h15-22,29,32,35-41,49-54,67H,23-28,33-34H2,1-14H3,(H,83,84)/t40-,41-,49+,50+,51+,52+,53-,54-/m1/s1. The SMILES string of the molecule is CC(C)C[C@H]1C(=O)O[C@H](Cc2ccc(Cn3nc(C#N)cc3C#N)cc2)C(=O)N(C)[C@@H](CC(C)C)C(=O)O[C@H](C)C(=O)N(C)[C@@H](CC(C)C)C(=O)O[C@H](Cc2ccc(Cn3cc(NC(=O)O)cn3)cc2)C(=O)N(C)[C@@H](CC(C)C)C(=O)O[C@H](C)C(=O)N1C. The fourth-order valence-corrected chi connectivity index (χ4v) is 10.2. The normalized spacial score (nSPS) is 21.9. The van der Waals surface area contributed by atoms with Gasteiger partial charge >= 0.3 is 30.0 Å². The fraction of sp³-hybridized carbons (Fsp3) is 0.540. The monoisotopic (exact) mass is 1220 g/mol. The molecule has 0 unspecified atom stereocenters. The van der Waals surface area contributed by atoms with Crippen LogP contribution in [-0.2, 0) is 83.2 Å². The van der Waals surface area contributed by atoms with Gasteiger partial charge < -0.3 is 43.7 Å². The second-order valence-corrected chi connectivity index (χ2v) is 24.1. The number of esters is 4. The Morgan fingerprint density at radius 2 is 0.898 bits per heavy atom. The zero-order valence-corrected chi connectivity index (χ0v) is 52.7. The van der Waals surface area contributed by atoms with E-state index in [0.717, 1.165) is 25.2 Å². The molecule has 4 aromatic rings. The number of carboxylic acid groups (broad SMARTS) is 1. The number of nitriles is 2. The number of hydrogen-bond donors (Lipinski definition) is 2. The van der Waals surface area contributed by atoms with Gasteiger partial charge in [-0.3, -0.25) is 29.2 Å². The molecule has 0 saturated carbocycles. The summed E-state index contributed by atoms with van der Waals surface area (Å²) >= 11 is 0. The number of benzene rings is 2. The van der Waals surface area contributed by atoms with E-state index < -0.39 is 102 Å². The topological polar surface area (TPSA) is 319 Å². The first-order chi connectivity index (χ1) is 41.4. The molecule has 1 aliphatic rings. The van der Waals surface area contributed by atoms with Crippen molar-refractivity contribution in [2.45, 2.75) is 169 Å². The minimum absolute atomic E-state index is 0.0209. The van der Waals surface area contributed by atoms with E-state index in [9.17, 15) is 44.1 Å². The van der Waals surface area contributed by atoms with Crippen LogP contribution in [0.15, 0.2) is 67.0 Å². The Hall–Kier alpha value is -9.13. The van der Waals surface area contributed by atoms with Crippen LogP contribution in [0.25, 0.3) is 0 Å². The molecule has 0 radical (unpaired) electrons. The Labute approximate surface area is 513 Å². The highest BCUT2D eigenvalue weighted by Gasteiger charge is 2.43. The van der Waals surface area contributed by atoms with Crippen LogP contribution in [0, 0.1) is 46.3 Å². The Balaban J connectivity index is 1.58. The van der Waals surface area contributed by atoms with Gasteiger partial charge in [0, 0.05) is 53.3 Å². The van der Waals surface area contributed by atoms with Gasteiger partial charge in [0.05, 0.1) is 25.0 Å². The molecule has 0 aliphatic carbocycles. The maximum atomic E-state index is 15.1. The summed E-state index contributed by atoms with van der Waals surface area (Å²) in [6.07, 6.45) is -5.10. The molecule has 2 aromatic heterocycles. The molecule has 474 valence electrons. The summed E-state index contributed by atoms with van der Waals surface area (Å²) < 4.78 is 27.0. The average Bonchev–Trinajstić information content (AvgIpc) is 1.80. The predicted octanol–water partition coefficient (Wildman–Crippen LogP) is 5.99. The molecule has 1 saturated heterocycles. The van der Waals surface area contributed by atoms with Crippen molar-refractivity contribution in [3.63, 3.8) is 0 Å². The first-order valence-corrected chi connectivity index (χ1v) is 29.4. The fourth-order valence-electron chi connectivity index (χ4n) is 10.2. The summed E-state index contributed by atoms with van der Waals surface area (Å²) in [7, 11) is 5.37. The zero-order valence-electron chi connectivity index (χ0n) is 52.7. The van der Waals surface area contributed by atoms with Gasteiger partial charge in [-0.1, -0.05) is 104 Å². The summed E-state index contributed by atoms with van der Waals surface area (Å²) in [5.41, 5.74) is 2.92. The Kier molecular flexibility index (Phi) is 24.9. The molecule has 0 spiro atoms. The van der Waals surface area contributed by atoms with E-state index in [1.807, 2.05) is 67.5 Å². The number of carbonyl (C=O) groups excluding carboxylic acids is 8. The van der Waals surface area contributed by atoms with Crippen LogP contribution in [0.1, 0.15) is 129 Å². The van der Waals surface area contributed by atoms with Gasteiger partial charge in [-0.2, -0.15) is 20.7 Å². The number of nitrogens with one attached hydrogen (secondary N) is 1. The van der Waals surface area contributed by atoms with Crippen LogP contribution in [0.2, 0.25) is 0 Å². The van der Waals surface area contributed by atoms with Crippen LogP contribution < -0.4 is 5.32 Å². The molecule has 8 atom stereocenters. The number of likely N-dealkylation sites (N-methyl/N-ethyl adjacent to an activating group) is 4. The highest BCUT2D eigenvalue weighted by molar-refractivity contribution is 5.94. The number of anilines is 1. The molecule has 2 aromatic carbocycles. The number of nitrogens with zero attached hydrogens (tertiary/aromatic N) is 10. The Bertz CT molecular complexity index is 3200. The molecule has 5 amide bonds. The van der Waals surface area contributed by atoms with Crippen molar-refractivity contribution in [2.24, 2.45) is 23.7 Å². The zero-order chi connectivity index (χ0) is 65.4. The van der Waals surface area contributed by atoms with E-state index in [1.165, 1.54) is 69.9 Å². The number of rotatable bonds is 17. The third-order valence-electron chi connectivity index (χ3n) is 14.9. The third kappa shape index (κ3) is 19.2. The summed E-state index contributed by atoms with van der Waals surface area (Å²) in [5, 5.41) is 38.8. The molecule has 88 heavy (non-hydrogen) atoms. The number of carbonyl (C=O) groups is 9. The maximum Gasteiger partial charge on any atom is 0.409 e. The van der Waals surface area contributed by atoms with Crippen molar-refractivity contribution >= 4 is 59.3 Å². The molecular formula is C63H83N11O14. The van der Waals surface area contributed by atoms with Crippen LogP contribution in [0.4, 0.5) is 10.5 Å². The molecule has 2 N–H and O–H groups in total. The molecule has 0 bridgehead atoms. The second-order valence-electron chi connectivity index (χ2n) is 24.1. The van der Waals surface area contributed by atoms with Crippen molar-refractivity contribution in [3.8, 4) is 12.1 Å². The summed E-state index contributed by atoms with van der Waals surface area (Å²) in [4.78, 5) is 133. The van der Waals surface area contributed by atoms with Crippen LogP contribution in [0.3, 0.4) is 0 Å². The van der Waals surface area contributed by atoms with Gasteiger partial charge in [-0.25, -0.2) is 28.7 Å². The minimum Gasteiger partial charge on any atom is -0.465 e. The largest absolute Gasteiger partial charge is 0.465 e. The quantitative estimate of drug-likeness (QED) is 0.0906. The Morgan fingerprint density at radius 3 is 1.25 bits per heavy atom. The van der Waals surface area contributed by atoms with Gasteiger partial charge in [-0.15, -0.1) is 0 Å². The van der Waals surface area contributed by atoms with Crippen molar-refractivity contribution in [1.29, 1.82) is 10.5 Å². The lowest BCUT2D eigenvalue weighted by Crippen LogP contribution is -2.55. The molecule has 25 heteroatoms. The van der Waals surface area contributed by atoms with E-state index >= 15 is 9.59 Å². The lowest BCUT2D eigenvalue weighted by atomic mass is 9.99. The summed E-state index contributed by atoms with van der Waals surface area (Å²) in [6, 6.07) is 13.6. The van der Waals surface area contributed by atoms with Crippen LogP contribution in [0.5, 0.6) is 0 Å². The minimum atomic E-state index is -1.63. The third-order valence-corrected chi connectivity index (χ3v) is 14.9. The van der Waals surface area contributed by atoms with Crippen molar-refractivity contribution in [2.75, 3.05) is 33.5 Å². The molecular weight excluding hydrogens is 1130 g/mol. The van der Waals surface area contributed by atoms with E-state index in [2.05, 4.69) is 15.5 Å². The highest BCUT2D eigenvalue weighted by Crippen LogP contribution is 2.25. The number of amides is 5. The number of cyclic esters (lactones) is 4. The van der Waals surface area contributed by atoms with Gasteiger partial charge in [0.25, 0.3) is 23.6 Å². The van der Waals surface area contributed by atoms with Crippen LogP contribution >= 0.6 is 0 Å². The van der Waals surface area contributed by atoms with E-state index in [1.54, 1.807) is 48.5 Å². The molecule has 3 heterocycles. The van der Waals surface area contributed by atoms with E-state index in [-0.39, 0.29) is 92.4 Å². The van der Waals surface area contributed by atoms with Gasteiger partial charge in [-0.05, 0) is 85.5 Å². The average molecular weight is 1220 g/mol. The number of aromatic nitrogens is 4. The maximum absolute atomic E-state index is 15.1. The molecule has 5 rings (SSSR count). The van der Waals surface area contributed by atoms with Gasteiger partial charge in [0.1, 0.15) is 42.0 Å². The first kappa shape index (κ1) is 69.6. The number of ether oxygens (including phenoxy) is 4. The number of hydrogen-bond acceptors (Lipinski definition) is 17. The van der Waals surface area contributed by atoms with E-state index in [0.29, 0.717) is 16.7 Å². The first-order valence-electron chi connectivity index (χ1n) is 29.4. The van der Waals surface area contributed by atoms with Crippen molar-refractivity contribution in [1.82, 2.24) is 39.2 Å². The highest BCUT2D eigenvalue weighted by atomic mass is 16.6. The van der Waals surface area contributed by atoms with Gasteiger partial charge in [0.2, 0.25) is 0 Å². The lowest BCUT2D eigenvalue weighted by molar-refractivity contribution is -0.176. The molecule has 25 nitrogen and oxygen atoms in total. The second kappa shape index (κ2) is 31.5. The Morgan fingerprint density at radius 1 is 0.545 bits per heavy atom. The van der Waals surface area contributed by atoms with Gasteiger partial charge in [0.15, 0.2) is 30.1 Å². The molecule has 1 fully saturated rings. The predicted molar refractivity (Wildman–Crippen MR) is 319 cm³/mol. The van der Waals surface area contributed by atoms with Crippen molar-refractivity contribution in [3.05, 3.63) is 101 Å². The summed E-state index contributed by atoms with van der Waals surface area (Å²) in [6.45, 7) is 17.5. The van der Waals surface area contributed by atoms with Crippen molar-refractivity contribution < 1.29 is 67.2 Å². The lowest BCUT2D eigenvalue weighted by Gasteiger charge is -2.35.